The van der Waals surface area contributed by atoms with Crippen molar-refractivity contribution in [1.82, 2.24) is 4.72 Å². The molecule has 0 spiro atoms. The quantitative estimate of drug-likeness (QED) is 0.230. The lowest BCUT2D eigenvalue weighted by atomic mass is 9.86. The number of aliphatic carboxylic acids is 1. The number of sulfonamides is 1. The topological polar surface area (TPSA) is 127 Å². The Morgan fingerprint density at radius 1 is 1.19 bits per heavy atom. The number of non-ortho nitro benzene ring substituents is 1. The van der Waals surface area contributed by atoms with E-state index in [4.69, 9.17) is 5.11 Å². The molecule has 1 saturated carbocycles. The lowest BCUT2D eigenvalue weighted by molar-refractivity contribution is -0.384. The third-order valence-electron chi connectivity index (χ3n) is 5.80. The Hall–Kier alpha value is -2.78. The van der Waals surface area contributed by atoms with Crippen LogP contribution in [0.1, 0.15) is 37.7 Å². The maximum absolute atomic E-state index is 12.6. The summed E-state index contributed by atoms with van der Waals surface area (Å²) < 4.78 is 28.1. The van der Waals surface area contributed by atoms with Crippen molar-refractivity contribution in [3.63, 3.8) is 0 Å². The molecule has 3 rings (SSSR count). The Morgan fingerprint density at radius 3 is 2.58 bits per heavy atom. The highest BCUT2D eigenvalue weighted by molar-refractivity contribution is 7.92. The second-order valence-corrected chi connectivity index (χ2v) is 9.54. The van der Waals surface area contributed by atoms with Crippen molar-refractivity contribution in [2.75, 3.05) is 0 Å². The molecular weight excluding hydrogens is 420 g/mol. The van der Waals surface area contributed by atoms with E-state index in [0.717, 1.165) is 18.2 Å². The van der Waals surface area contributed by atoms with Crippen molar-refractivity contribution in [1.29, 1.82) is 0 Å². The van der Waals surface area contributed by atoms with Gasteiger partial charge in [-0.05, 0) is 67.2 Å². The number of unbranched alkanes of at least 4 members (excludes halogenated alkanes) is 1. The van der Waals surface area contributed by atoms with Crippen molar-refractivity contribution in [3.05, 3.63) is 69.7 Å². The van der Waals surface area contributed by atoms with Crippen LogP contribution in [-0.2, 0) is 14.8 Å². The maximum atomic E-state index is 12.6. The van der Waals surface area contributed by atoms with Crippen LogP contribution in [0.3, 0.4) is 0 Å². The molecule has 9 heteroatoms. The standard InChI is InChI=1S/C22H26N2O6S/c25-21(26)6-4-2-1-3-5-20-17-9-10-18(15-17)22(20)23-31(29,30)14-13-16-7-11-19(12-8-16)24(27)28/h1,3,7-14,17-18,20,22-23H,2,4-6,15H2,(H,25,26). The number of rotatable bonds is 11. The minimum absolute atomic E-state index is 0.0502. The van der Waals surface area contributed by atoms with Gasteiger partial charge in [-0.1, -0.05) is 24.3 Å². The number of carboxylic acid groups (broad SMARTS) is 1. The van der Waals surface area contributed by atoms with Crippen LogP contribution in [-0.4, -0.2) is 30.5 Å². The summed E-state index contributed by atoms with van der Waals surface area (Å²) in [6.45, 7) is 0. The summed E-state index contributed by atoms with van der Waals surface area (Å²) in [4.78, 5) is 20.8. The van der Waals surface area contributed by atoms with Crippen LogP contribution in [0.5, 0.6) is 0 Å². The highest BCUT2D eigenvalue weighted by Gasteiger charge is 2.44. The van der Waals surface area contributed by atoms with Gasteiger partial charge in [-0.3, -0.25) is 14.9 Å². The first-order chi connectivity index (χ1) is 14.7. The van der Waals surface area contributed by atoms with E-state index >= 15 is 0 Å². The van der Waals surface area contributed by atoms with Crippen LogP contribution >= 0.6 is 0 Å². The van der Waals surface area contributed by atoms with Crippen LogP contribution in [0.25, 0.3) is 6.08 Å². The summed E-state index contributed by atoms with van der Waals surface area (Å²) in [6.07, 6.45) is 12.7. The first-order valence-corrected chi connectivity index (χ1v) is 11.8. The molecule has 2 aliphatic rings. The molecule has 1 aromatic carbocycles. The van der Waals surface area contributed by atoms with Gasteiger partial charge in [-0.2, -0.15) is 0 Å². The monoisotopic (exact) mass is 446 g/mol. The molecule has 0 heterocycles. The fraction of sp³-hybridized carbons (Fsp3) is 0.409. The summed E-state index contributed by atoms with van der Waals surface area (Å²) in [5, 5.41) is 20.5. The van der Waals surface area contributed by atoms with E-state index < -0.39 is 20.9 Å². The van der Waals surface area contributed by atoms with Gasteiger partial charge in [-0.25, -0.2) is 13.1 Å². The molecule has 2 bridgehead atoms. The van der Waals surface area contributed by atoms with Gasteiger partial charge >= 0.3 is 5.97 Å². The van der Waals surface area contributed by atoms with Crippen LogP contribution in [0, 0.1) is 27.9 Å². The van der Waals surface area contributed by atoms with Crippen molar-refractivity contribution in [2.24, 2.45) is 17.8 Å². The lowest BCUT2D eigenvalue weighted by Gasteiger charge is -2.27. The molecule has 4 atom stereocenters. The molecule has 1 aromatic rings. The molecule has 31 heavy (non-hydrogen) atoms. The van der Waals surface area contributed by atoms with E-state index in [0.29, 0.717) is 24.3 Å². The molecule has 0 aromatic heterocycles. The zero-order chi connectivity index (χ0) is 22.4. The number of fused-ring (bicyclic) bond motifs is 2. The van der Waals surface area contributed by atoms with Crippen molar-refractivity contribution < 1.29 is 23.2 Å². The van der Waals surface area contributed by atoms with Crippen LogP contribution in [0.15, 0.2) is 54.0 Å². The average molecular weight is 447 g/mol. The first kappa shape index (κ1) is 22.9. The molecule has 8 nitrogen and oxygen atoms in total. The summed E-state index contributed by atoms with van der Waals surface area (Å²) in [5.41, 5.74) is 0.510. The zero-order valence-corrected chi connectivity index (χ0v) is 17.8. The maximum Gasteiger partial charge on any atom is 0.303 e. The number of carboxylic acids is 1. The summed E-state index contributed by atoms with van der Waals surface area (Å²) >= 11 is 0. The summed E-state index contributed by atoms with van der Waals surface area (Å²) in [5.74, 6) is -0.144. The molecule has 0 aliphatic heterocycles. The van der Waals surface area contributed by atoms with E-state index in [1.54, 1.807) is 0 Å². The van der Waals surface area contributed by atoms with Gasteiger partial charge in [0.25, 0.3) is 5.69 Å². The molecule has 166 valence electrons. The van der Waals surface area contributed by atoms with E-state index in [1.807, 2.05) is 12.2 Å². The highest BCUT2D eigenvalue weighted by atomic mass is 32.2. The third-order valence-corrected chi connectivity index (χ3v) is 6.90. The van der Waals surface area contributed by atoms with Gasteiger partial charge in [0.15, 0.2) is 0 Å². The number of allylic oxidation sites excluding steroid dienone is 3. The molecule has 0 radical (unpaired) electrons. The average Bonchev–Trinajstić information content (AvgIpc) is 3.31. The van der Waals surface area contributed by atoms with Gasteiger partial charge in [-0.15, -0.1) is 0 Å². The Balaban J connectivity index is 1.59. The molecule has 2 aliphatic carbocycles. The number of nitrogens with one attached hydrogen (secondary N) is 1. The number of hydrogen-bond acceptors (Lipinski definition) is 5. The number of hydrogen-bond donors (Lipinski definition) is 2. The second kappa shape index (κ2) is 10.0. The van der Waals surface area contributed by atoms with Crippen molar-refractivity contribution >= 4 is 27.8 Å². The van der Waals surface area contributed by atoms with Crippen LogP contribution in [0.2, 0.25) is 0 Å². The van der Waals surface area contributed by atoms with E-state index in [9.17, 15) is 23.3 Å². The smallest absolute Gasteiger partial charge is 0.303 e. The SMILES string of the molecule is O=C(O)CCCC=CCC1C2C=CC(C2)C1NS(=O)(=O)C=Cc1ccc([N+](=O)[O-])cc1. The molecule has 2 N–H and O–H groups in total. The number of benzene rings is 1. The van der Waals surface area contributed by atoms with Gasteiger partial charge in [0, 0.05) is 30.0 Å². The summed E-state index contributed by atoms with van der Waals surface area (Å²) in [6, 6.07) is 5.48. The molecule has 1 fully saturated rings. The number of carbonyl (C=O) groups is 1. The van der Waals surface area contributed by atoms with Crippen LogP contribution < -0.4 is 4.72 Å². The van der Waals surface area contributed by atoms with Crippen molar-refractivity contribution in [2.45, 2.75) is 38.1 Å². The van der Waals surface area contributed by atoms with E-state index in [-0.39, 0.29) is 30.0 Å². The Bertz CT molecular complexity index is 997. The highest BCUT2D eigenvalue weighted by Crippen LogP contribution is 2.45. The summed E-state index contributed by atoms with van der Waals surface area (Å²) in [7, 11) is -3.68. The van der Waals surface area contributed by atoms with Gasteiger partial charge in [0.05, 0.1) is 4.92 Å². The van der Waals surface area contributed by atoms with Crippen LogP contribution in [0.4, 0.5) is 5.69 Å². The predicted molar refractivity (Wildman–Crippen MR) is 117 cm³/mol. The number of nitro benzene ring substituents is 1. The molecule has 0 amide bonds. The fourth-order valence-corrected chi connectivity index (χ4v) is 5.41. The largest absolute Gasteiger partial charge is 0.481 e. The van der Waals surface area contributed by atoms with E-state index in [2.05, 4.69) is 16.9 Å². The Labute approximate surface area is 181 Å². The molecule has 4 unspecified atom stereocenters. The third kappa shape index (κ3) is 6.35. The Morgan fingerprint density at radius 2 is 1.90 bits per heavy atom. The molecular formula is C22H26N2O6S. The van der Waals surface area contributed by atoms with Crippen molar-refractivity contribution in [3.8, 4) is 0 Å². The van der Waals surface area contributed by atoms with Gasteiger partial charge in [0.2, 0.25) is 10.0 Å². The zero-order valence-electron chi connectivity index (χ0n) is 17.0. The van der Waals surface area contributed by atoms with Gasteiger partial charge in [0.1, 0.15) is 0 Å². The van der Waals surface area contributed by atoms with Gasteiger partial charge < -0.3 is 5.11 Å². The first-order valence-electron chi connectivity index (χ1n) is 10.2. The number of nitro groups is 1. The number of nitrogens with zero attached hydrogens (tertiary/aromatic N) is 1. The molecule has 0 saturated heterocycles. The minimum Gasteiger partial charge on any atom is -0.481 e. The minimum atomic E-state index is -3.68. The fourth-order valence-electron chi connectivity index (χ4n) is 4.27. The predicted octanol–water partition coefficient (Wildman–Crippen LogP) is 3.88. The lowest BCUT2D eigenvalue weighted by Crippen LogP contribution is -2.41. The van der Waals surface area contributed by atoms with E-state index in [1.165, 1.54) is 30.3 Å². The normalized spacial score (nSPS) is 25.0. The Kier molecular flexibility index (Phi) is 7.40. The second-order valence-electron chi connectivity index (χ2n) is 7.95.